The Bertz CT molecular complexity index is 841. The van der Waals surface area contributed by atoms with E-state index in [0.717, 1.165) is 39.2 Å². The first-order valence-electron chi connectivity index (χ1n) is 8.39. The highest BCUT2D eigenvalue weighted by Crippen LogP contribution is 2.35. The second-order valence-electron chi connectivity index (χ2n) is 7.39. The molecule has 0 saturated carbocycles. The summed E-state index contributed by atoms with van der Waals surface area (Å²) in [4.78, 5) is 48.5. The number of nitrogens with one attached hydrogen (secondary N) is 1. The average Bonchev–Trinajstić information content (AvgIpc) is 2.57. The maximum atomic E-state index is 12.8. The summed E-state index contributed by atoms with van der Waals surface area (Å²) < 4.78 is 48.0. The molecule has 1 aromatic carbocycles. The van der Waals surface area contributed by atoms with Crippen LogP contribution in [0.25, 0.3) is 0 Å². The largest absolute Gasteiger partial charge is 0.471 e. The number of hydrogen-bond donors (Lipinski definition) is 1. The van der Waals surface area contributed by atoms with E-state index in [1.807, 2.05) is 0 Å². The average molecular weight is 417 g/mol. The molecule has 29 heavy (non-hydrogen) atoms. The van der Waals surface area contributed by atoms with Gasteiger partial charge in [-0.1, -0.05) is 0 Å². The number of alkyl halides is 3. The van der Waals surface area contributed by atoms with E-state index in [4.69, 9.17) is 4.74 Å². The van der Waals surface area contributed by atoms with Crippen LogP contribution in [-0.2, 0) is 29.3 Å². The summed E-state index contributed by atoms with van der Waals surface area (Å²) >= 11 is 0. The fourth-order valence-electron chi connectivity index (χ4n) is 2.33. The molecule has 0 bridgehead atoms. The van der Waals surface area contributed by atoms with Crippen molar-refractivity contribution < 1.29 is 41.8 Å². The van der Waals surface area contributed by atoms with Gasteiger partial charge in [-0.05, 0) is 52.8 Å². The van der Waals surface area contributed by atoms with E-state index in [2.05, 4.69) is 4.74 Å². The molecule has 0 fully saturated rings. The van der Waals surface area contributed by atoms with Gasteiger partial charge in [0.25, 0.3) is 0 Å². The SMILES string of the molecule is COC(=O)c1ccc(NC(=O)C(F)(F)F)c([C@@](C)(C(C)=O)C(=O)OC(C)(C)C)c1. The van der Waals surface area contributed by atoms with Gasteiger partial charge in [0.05, 0.1) is 12.7 Å². The Balaban J connectivity index is 3.70. The summed E-state index contributed by atoms with van der Waals surface area (Å²) in [5, 5.41) is 1.64. The molecule has 0 aliphatic heterocycles. The molecule has 0 aromatic heterocycles. The summed E-state index contributed by atoms with van der Waals surface area (Å²) in [6.07, 6.45) is -5.21. The van der Waals surface area contributed by atoms with Crippen LogP contribution in [0.4, 0.5) is 18.9 Å². The minimum atomic E-state index is -5.21. The second kappa shape index (κ2) is 8.22. The number of ether oxygens (including phenoxy) is 2. The van der Waals surface area contributed by atoms with Crippen molar-refractivity contribution in [1.29, 1.82) is 0 Å². The molecule has 0 saturated heterocycles. The summed E-state index contributed by atoms with van der Waals surface area (Å²) in [6.45, 7) is 6.82. The molecule has 0 radical (unpaired) electrons. The number of carbonyl (C=O) groups is 4. The van der Waals surface area contributed by atoms with Crippen LogP contribution in [0, 0.1) is 0 Å². The number of ketones is 1. The first-order chi connectivity index (χ1) is 13.0. The number of rotatable bonds is 5. The van der Waals surface area contributed by atoms with Crippen molar-refractivity contribution in [2.45, 2.75) is 51.8 Å². The predicted octanol–water partition coefficient (Wildman–Crippen LogP) is 3.16. The molecule has 0 unspecified atom stereocenters. The molecular weight excluding hydrogens is 395 g/mol. The molecule has 0 aliphatic rings. The molecule has 1 atom stereocenters. The molecule has 0 aliphatic carbocycles. The zero-order valence-electron chi connectivity index (χ0n) is 16.8. The van der Waals surface area contributed by atoms with Crippen LogP contribution in [0.3, 0.4) is 0 Å². The lowest BCUT2D eigenvalue weighted by atomic mass is 9.77. The normalized spacial score (nSPS) is 13.8. The van der Waals surface area contributed by atoms with Gasteiger partial charge >= 0.3 is 24.0 Å². The van der Waals surface area contributed by atoms with Crippen molar-refractivity contribution in [3.05, 3.63) is 29.3 Å². The molecule has 1 amide bonds. The third-order valence-electron chi connectivity index (χ3n) is 4.00. The van der Waals surface area contributed by atoms with Gasteiger partial charge in [-0.3, -0.25) is 14.4 Å². The number of halogens is 3. The Morgan fingerprint density at radius 2 is 1.55 bits per heavy atom. The minimum absolute atomic E-state index is 0.136. The van der Waals surface area contributed by atoms with Gasteiger partial charge in [0.2, 0.25) is 0 Å². The Labute approximate surface area is 165 Å². The van der Waals surface area contributed by atoms with Gasteiger partial charge < -0.3 is 14.8 Å². The number of methoxy groups -OCH3 is 1. The summed E-state index contributed by atoms with van der Waals surface area (Å²) in [5.74, 6) is -4.98. The molecule has 1 rings (SSSR count). The van der Waals surface area contributed by atoms with Crippen molar-refractivity contribution >= 4 is 29.3 Å². The van der Waals surface area contributed by atoms with Crippen molar-refractivity contribution in [3.8, 4) is 0 Å². The van der Waals surface area contributed by atoms with E-state index in [9.17, 15) is 32.3 Å². The van der Waals surface area contributed by atoms with Gasteiger partial charge in [0.1, 0.15) is 11.0 Å². The first kappa shape index (κ1) is 24.1. The van der Waals surface area contributed by atoms with Gasteiger partial charge in [0.15, 0.2) is 5.78 Å². The Morgan fingerprint density at radius 3 is 1.97 bits per heavy atom. The molecule has 10 heteroatoms. The van der Waals surface area contributed by atoms with Crippen LogP contribution in [0.5, 0.6) is 0 Å². The van der Waals surface area contributed by atoms with Crippen molar-refractivity contribution in [3.63, 3.8) is 0 Å². The number of hydrogen-bond acceptors (Lipinski definition) is 6. The molecule has 0 heterocycles. The lowest BCUT2D eigenvalue weighted by Gasteiger charge is -2.31. The van der Waals surface area contributed by atoms with Gasteiger partial charge in [-0.25, -0.2) is 4.79 Å². The highest BCUT2D eigenvalue weighted by Gasteiger charge is 2.46. The van der Waals surface area contributed by atoms with Gasteiger partial charge in [0, 0.05) is 11.3 Å². The van der Waals surface area contributed by atoms with Crippen LogP contribution in [0.2, 0.25) is 0 Å². The van der Waals surface area contributed by atoms with Crippen LogP contribution in [0.15, 0.2) is 18.2 Å². The molecule has 0 spiro atoms. The van der Waals surface area contributed by atoms with E-state index < -0.39 is 46.5 Å². The standard InChI is InChI=1S/C19H22F3NO6/c1-10(24)18(5,16(27)29-17(2,3)4)12-9-11(14(25)28-6)7-8-13(12)23-15(26)19(20,21)22/h7-9H,1-6H3,(H,23,26)/t18-/m1/s1. The van der Waals surface area contributed by atoms with Gasteiger partial charge in [-0.15, -0.1) is 0 Å². The Kier molecular flexibility index (Phi) is 6.84. The Hall–Kier alpha value is -2.91. The number of esters is 2. The Morgan fingerprint density at radius 1 is 1.00 bits per heavy atom. The van der Waals surface area contributed by atoms with E-state index in [-0.39, 0.29) is 11.1 Å². The molecular formula is C19H22F3NO6. The second-order valence-corrected chi connectivity index (χ2v) is 7.39. The van der Waals surface area contributed by atoms with Gasteiger partial charge in [-0.2, -0.15) is 13.2 Å². The highest BCUT2D eigenvalue weighted by molar-refractivity contribution is 6.11. The molecule has 7 nitrogen and oxygen atoms in total. The molecule has 160 valence electrons. The third-order valence-corrected chi connectivity index (χ3v) is 4.00. The lowest BCUT2D eigenvalue weighted by Crippen LogP contribution is -2.45. The van der Waals surface area contributed by atoms with Crippen molar-refractivity contribution in [1.82, 2.24) is 0 Å². The number of anilines is 1. The van der Waals surface area contributed by atoms with Crippen molar-refractivity contribution in [2.24, 2.45) is 0 Å². The van der Waals surface area contributed by atoms with E-state index >= 15 is 0 Å². The maximum Gasteiger partial charge on any atom is 0.471 e. The zero-order valence-corrected chi connectivity index (χ0v) is 16.8. The number of benzene rings is 1. The fraction of sp³-hybridized carbons (Fsp3) is 0.474. The van der Waals surface area contributed by atoms with Crippen LogP contribution < -0.4 is 5.32 Å². The maximum absolute atomic E-state index is 12.8. The van der Waals surface area contributed by atoms with E-state index in [1.165, 1.54) is 0 Å². The quantitative estimate of drug-likeness (QED) is 0.584. The molecule has 1 N–H and O–H groups in total. The third kappa shape index (κ3) is 5.55. The minimum Gasteiger partial charge on any atom is -0.465 e. The van der Waals surface area contributed by atoms with E-state index in [1.54, 1.807) is 26.1 Å². The first-order valence-corrected chi connectivity index (χ1v) is 8.39. The van der Waals surface area contributed by atoms with Crippen LogP contribution in [0.1, 0.15) is 50.5 Å². The predicted molar refractivity (Wildman–Crippen MR) is 96.3 cm³/mol. The number of carbonyl (C=O) groups excluding carboxylic acids is 4. The number of Topliss-reactive ketones (excluding diaryl/α,β-unsaturated/α-hetero) is 1. The van der Waals surface area contributed by atoms with Crippen LogP contribution >= 0.6 is 0 Å². The summed E-state index contributed by atoms with van der Waals surface area (Å²) in [7, 11) is 1.08. The molecule has 1 aromatic rings. The topological polar surface area (TPSA) is 98.8 Å². The highest BCUT2D eigenvalue weighted by atomic mass is 19.4. The fourth-order valence-corrected chi connectivity index (χ4v) is 2.33. The van der Waals surface area contributed by atoms with Crippen molar-refractivity contribution in [2.75, 3.05) is 12.4 Å². The smallest absolute Gasteiger partial charge is 0.465 e. The summed E-state index contributed by atoms with van der Waals surface area (Å²) in [6, 6.07) is 3.09. The van der Waals surface area contributed by atoms with Crippen LogP contribution in [-0.4, -0.2) is 42.5 Å². The van der Waals surface area contributed by atoms with E-state index in [0.29, 0.717) is 0 Å². The number of amides is 1. The summed E-state index contributed by atoms with van der Waals surface area (Å²) in [5.41, 5.74) is -4.05. The monoisotopic (exact) mass is 417 g/mol. The lowest BCUT2D eigenvalue weighted by molar-refractivity contribution is -0.167. The zero-order chi connectivity index (χ0) is 22.8.